The van der Waals surface area contributed by atoms with Gasteiger partial charge < -0.3 is 10.1 Å². The lowest BCUT2D eigenvalue weighted by Gasteiger charge is -2.12. The Morgan fingerprint density at radius 2 is 2.30 bits per heavy atom. The van der Waals surface area contributed by atoms with E-state index in [0.717, 1.165) is 16.3 Å². The molecule has 0 saturated heterocycles. The van der Waals surface area contributed by atoms with Gasteiger partial charge in [-0.2, -0.15) is 5.26 Å². The Bertz CT molecular complexity index is 630. The number of rotatable bonds is 5. The van der Waals surface area contributed by atoms with Crippen LogP contribution in [0.3, 0.4) is 0 Å². The summed E-state index contributed by atoms with van der Waals surface area (Å²) in [7, 11) is 1.58. The van der Waals surface area contributed by atoms with Gasteiger partial charge in [0.1, 0.15) is 16.8 Å². The zero-order valence-electron chi connectivity index (χ0n) is 11.8. The van der Waals surface area contributed by atoms with E-state index in [2.05, 4.69) is 28.7 Å². The van der Waals surface area contributed by atoms with Crippen molar-refractivity contribution in [2.24, 2.45) is 0 Å². The fraction of sp³-hybridized carbons (Fsp3) is 0.333. The van der Waals surface area contributed by atoms with Gasteiger partial charge in [-0.15, -0.1) is 11.3 Å². The number of hydrogen-bond donors (Lipinski definition) is 1. The minimum Gasteiger partial charge on any atom is -0.495 e. The summed E-state index contributed by atoms with van der Waals surface area (Å²) >= 11 is 1.67. The van der Waals surface area contributed by atoms with E-state index in [1.807, 2.05) is 19.1 Å². The molecule has 0 bridgehead atoms. The topological polar surface area (TPSA) is 57.9 Å². The maximum Gasteiger partial charge on any atom is 0.136 e. The number of nitrogens with zero attached hydrogens (tertiary/aromatic N) is 2. The van der Waals surface area contributed by atoms with Crippen LogP contribution in [-0.2, 0) is 6.54 Å². The van der Waals surface area contributed by atoms with Crippen molar-refractivity contribution in [2.75, 3.05) is 7.11 Å². The average molecular weight is 287 g/mol. The number of hydrogen-bond acceptors (Lipinski definition) is 5. The minimum absolute atomic E-state index is 0.204. The molecule has 0 fully saturated rings. The summed E-state index contributed by atoms with van der Waals surface area (Å²) in [4.78, 5) is 4.47. The molecule has 0 aliphatic heterocycles. The van der Waals surface area contributed by atoms with Gasteiger partial charge in [0.25, 0.3) is 0 Å². The van der Waals surface area contributed by atoms with Gasteiger partial charge in [0, 0.05) is 17.6 Å². The summed E-state index contributed by atoms with van der Waals surface area (Å²) in [5.41, 5.74) is 2.69. The maximum atomic E-state index is 8.96. The van der Waals surface area contributed by atoms with Gasteiger partial charge in [0.05, 0.1) is 18.7 Å². The predicted octanol–water partition coefficient (Wildman–Crippen LogP) is 3.18. The van der Waals surface area contributed by atoms with Crippen molar-refractivity contribution in [1.29, 1.82) is 5.26 Å². The van der Waals surface area contributed by atoms with E-state index >= 15 is 0 Å². The normalized spacial score (nSPS) is 11.9. The summed E-state index contributed by atoms with van der Waals surface area (Å²) in [6, 6.07) is 7.94. The van der Waals surface area contributed by atoms with Crippen LogP contribution < -0.4 is 10.1 Å². The second-order valence-electron chi connectivity index (χ2n) is 4.58. The van der Waals surface area contributed by atoms with Crippen LogP contribution in [-0.4, -0.2) is 12.1 Å². The zero-order valence-corrected chi connectivity index (χ0v) is 12.6. The minimum atomic E-state index is 0.204. The average Bonchev–Trinajstić information content (AvgIpc) is 2.91. The first-order chi connectivity index (χ1) is 9.63. The number of nitriles is 1. The van der Waals surface area contributed by atoms with E-state index < -0.39 is 0 Å². The number of aromatic nitrogens is 1. The second-order valence-corrected chi connectivity index (χ2v) is 5.47. The molecular weight excluding hydrogens is 270 g/mol. The maximum absolute atomic E-state index is 8.96. The van der Waals surface area contributed by atoms with Gasteiger partial charge in [-0.05, 0) is 31.5 Å². The monoisotopic (exact) mass is 287 g/mol. The highest BCUT2D eigenvalue weighted by atomic mass is 32.1. The lowest BCUT2D eigenvalue weighted by molar-refractivity contribution is 0.412. The molecule has 0 radical (unpaired) electrons. The van der Waals surface area contributed by atoms with Crippen LogP contribution in [0.5, 0.6) is 5.75 Å². The van der Waals surface area contributed by atoms with Crippen molar-refractivity contribution in [3.05, 3.63) is 45.4 Å². The molecule has 1 atom stereocenters. The SMILES string of the molecule is COc1cc(CNC(C)c2nc(C)cs2)ccc1C#N. The molecule has 0 saturated carbocycles. The molecule has 2 rings (SSSR count). The van der Waals surface area contributed by atoms with Gasteiger partial charge in [-0.3, -0.25) is 0 Å². The van der Waals surface area contributed by atoms with Gasteiger partial charge >= 0.3 is 0 Å². The Labute approximate surface area is 123 Å². The van der Waals surface area contributed by atoms with E-state index in [9.17, 15) is 0 Å². The number of thiazole rings is 1. The van der Waals surface area contributed by atoms with Crippen LogP contribution in [0.1, 0.15) is 34.8 Å². The highest BCUT2D eigenvalue weighted by Gasteiger charge is 2.09. The van der Waals surface area contributed by atoms with Crippen molar-refractivity contribution >= 4 is 11.3 Å². The van der Waals surface area contributed by atoms with E-state index in [-0.39, 0.29) is 6.04 Å². The molecule has 5 heteroatoms. The number of ether oxygens (including phenoxy) is 1. The van der Waals surface area contributed by atoms with Crippen molar-refractivity contribution in [1.82, 2.24) is 10.3 Å². The van der Waals surface area contributed by atoms with Crippen molar-refractivity contribution in [2.45, 2.75) is 26.4 Å². The van der Waals surface area contributed by atoms with Crippen LogP contribution in [0.15, 0.2) is 23.6 Å². The molecule has 1 unspecified atom stereocenters. The number of methoxy groups -OCH3 is 1. The molecule has 0 amide bonds. The highest BCUT2D eigenvalue weighted by molar-refractivity contribution is 7.09. The van der Waals surface area contributed by atoms with Gasteiger partial charge in [0.15, 0.2) is 0 Å². The van der Waals surface area contributed by atoms with Crippen LogP contribution in [0.25, 0.3) is 0 Å². The van der Waals surface area contributed by atoms with Crippen LogP contribution >= 0.6 is 11.3 Å². The number of benzene rings is 1. The molecule has 4 nitrogen and oxygen atoms in total. The van der Waals surface area contributed by atoms with Crippen molar-refractivity contribution in [3.63, 3.8) is 0 Å². The summed E-state index contributed by atoms with van der Waals surface area (Å²) in [6.07, 6.45) is 0. The van der Waals surface area contributed by atoms with Gasteiger partial charge in [-0.25, -0.2) is 4.98 Å². The summed E-state index contributed by atoms with van der Waals surface area (Å²) in [6.45, 7) is 4.80. The molecule has 0 aliphatic carbocycles. The largest absolute Gasteiger partial charge is 0.495 e. The predicted molar refractivity (Wildman–Crippen MR) is 79.8 cm³/mol. The highest BCUT2D eigenvalue weighted by Crippen LogP contribution is 2.21. The smallest absolute Gasteiger partial charge is 0.136 e. The Balaban J connectivity index is 2.02. The summed E-state index contributed by atoms with van der Waals surface area (Å²) in [5.74, 6) is 0.615. The van der Waals surface area contributed by atoms with E-state index in [0.29, 0.717) is 17.9 Å². The molecule has 20 heavy (non-hydrogen) atoms. The third-order valence-corrected chi connectivity index (χ3v) is 4.15. The summed E-state index contributed by atoms with van der Waals surface area (Å²) < 4.78 is 5.21. The molecular formula is C15H17N3OS. The molecule has 1 N–H and O–H groups in total. The lowest BCUT2D eigenvalue weighted by Crippen LogP contribution is -2.18. The Kier molecular flexibility index (Phi) is 4.72. The van der Waals surface area contributed by atoms with E-state index in [1.54, 1.807) is 24.5 Å². The van der Waals surface area contributed by atoms with Crippen molar-refractivity contribution in [3.8, 4) is 11.8 Å². The fourth-order valence-corrected chi connectivity index (χ4v) is 2.70. The summed E-state index contributed by atoms with van der Waals surface area (Å²) in [5, 5.41) is 15.5. The Morgan fingerprint density at radius 1 is 1.50 bits per heavy atom. The standard InChI is InChI=1S/C15H17N3OS/c1-10-9-20-15(18-10)11(2)17-8-12-4-5-13(7-16)14(6-12)19-3/h4-6,9,11,17H,8H2,1-3H3. The number of aryl methyl sites for hydroxylation is 1. The quantitative estimate of drug-likeness (QED) is 0.917. The van der Waals surface area contributed by atoms with Crippen LogP contribution in [0.4, 0.5) is 0 Å². The van der Waals surface area contributed by atoms with Crippen molar-refractivity contribution < 1.29 is 4.74 Å². The second kappa shape index (κ2) is 6.51. The molecule has 104 valence electrons. The molecule has 2 aromatic rings. The lowest BCUT2D eigenvalue weighted by atomic mass is 10.1. The molecule has 0 aliphatic rings. The Morgan fingerprint density at radius 3 is 2.90 bits per heavy atom. The third-order valence-electron chi connectivity index (χ3n) is 3.01. The first kappa shape index (κ1) is 14.5. The van der Waals surface area contributed by atoms with Crippen LogP contribution in [0.2, 0.25) is 0 Å². The van der Waals surface area contributed by atoms with E-state index in [4.69, 9.17) is 10.00 Å². The number of nitrogens with one attached hydrogen (secondary N) is 1. The van der Waals surface area contributed by atoms with E-state index in [1.165, 1.54) is 0 Å². The third kappa shape index (κ3) is 3.35. The molecule has 1 aromatic heterocycles. The van der Waals surface area contributed by atoms with Gasteiger partial charge in [-0.1, -0.05) is 6.07 Å². The molecule has 0 spiro atoms. The molecule has 1 aromatic carbocycles. The van der Waals surface area contributed by atoms with Crippen LogP contribution in [0, 0.1) is 18.3 Å². The first-order valence-corrected chi connectivity index (χ1v) is 7.24. The fourth-order valence-electron chi connectivity index (χ4n) is 1.87. The zero-order chi connectivity index (χ0) is 14.5. The molecule has 1 heterocycles. The Hall–Kier alpha value is -1.90. The first-order valence-electron chi connectivity index (χ1n) is 6.36. The van der Waals surface area contributed by atoms with Gasteiger partial charge in [0.2, 0.25) is 0 Å².